The Morgan fingerprint density at radius 2 is 2.06 bits per heavy atom. The first-order valence-electron chi connectivity index (χ1n) is 5.51. The molecule has 0 unspecified atom stereocenters. The molecule has 2 rings (SSSR count). The molecule has 0 aliphatic carbocycles. The van der Waals surface area contributed by atoms with Gasteiger partial charge in [-0.1, -0.05) is 18.5 Å². The molecule has 0 spiro atoms. The van der Waals surface area contributed by atoms with Crippen LogP contribution in [0.2, 0.25) is 5.15 Å². The lowest BCUT2D eigenvalue weighted by Gasteiger charge is -2.07. The highest BCUT2D eigenvalue weighted by Gasteiger charge is 2.11. The van der Waals surface area contributed by atoms with Gasteiger partial charge >= 0.3 is 0 Å². The maximum absolute atomic E-state index is 13.2. The van der Waals surface area contributed by atoms with Crippen LogP contribution in [0.15, 0.2) is 18.2 Å². The summed E-state index contributed by atoms with van der Waals surface area (Å²) in [5.74, 6) is 0.312. The Bertz CT molecular complexity index is 602. The molecule has 2 aromatic rings. The van der Waals surface area contributed by atoms with Gasteiger partial charge in [0.25, 0.3) is 0 Å². The average Bonchev–Trinajstić information content (AvgIpc) is 2.36. The summed E-state index contributed by atoms with van der Waals surface area (Å²) in [7, 11) is 0. The van der Waals surface area contributed by atoms with Gasteiger partial charge in [0.15, 0.2) is 5.82 Å². The van der Waals surface area contributed by atoms with Gasteiger partial charge in [-0.05, 0) is 59.7 Å². The summed E-state index contributed by atoms with van der Waals surface area (Å²) in [5, 5.41) is 0.444. The van der Waals surface area contributed by atoms with E-state index in [2.05, 4.69) is 32.6 Å². The van der Waals surface area contributed by atoms with Crippen molar-refractivity contribution >= 4 is 34.2 Å². The van der Waals surface area contributed by atoms with E-state index in [0.29, 0.717) is 16.5 Å². The molecule has 0 fully saturated rings. The van der Waals surface area contributed by atoms with Crippen LogP contribution in [0.3, 0.4) is 0 Å². The molecule has 0 bridgehead atoms. The fraction of sp³-hybridized carbons (Fsp3) is 0.231. The number of aryl methyl sites for hydroxylation is 2. The number of hydrogen-bond donors (Lipinski definition) is 0. The van der Waals surface area contributed by atoms with Crippen molar-refractivity contribution in [1.29, 1.82) is 0 Å². The molecule has 5 heteroatoms. The second kappa shape index (κ2) is 5.48. The standard InChI is InChI=1S/C13H11ClFIN2/c1-3-10-11(16)12(14)18-13(17-10)8-4-5-9(15)7(2)6-8/h4-6H,3H2,1-2H3. The Morgan fingerprint density at radius 1 is 1.33 bits per heavy atom. The van der Waals surface area contributed by atoms with Gasteiger partial charge < -0.3 is 0 Å². The molecule has 0 atom stereocenters. The lowest BCUT2D eigenvalue weighted by Crippen LogP contribution is -2.00. The quantitative estimate of drug-likeness (QED) is 0.573. The maximum Gasteiger partial charge on any atom is 0.161 e. The monoisotopic (exact) mass is 376 g/mol. The predicted octanol–water partition coefficient (Wildman–Crippen LogP) is 4.41. The molecule has 1 aromatic carbocycles. The molecule has 1 heterocycles. The summed E-state index contributed by atoms with van der Waals surface area (Å²) in [6, 6.07) is 4.82. The molecule has 0 amide bonds. The van der Waals surface area contributed by atoms with Crippen LogP contribution >= 0.6 is 34.2 Å². The Balaban J connectivity index is 2.57. The summed E-state index contributed by atoms with van der Waals surface area (Å²) < 4.78 is 14.1. The summed E-state index contributed by atoms with van der Waals surface area (Å²) in [6.07, 6.45) is 0.785. The van der Waals surface area contributed by atoms with Crippen LogP contribution in [-0.2, 0) is 6.42 Å². The molecule has 18 heavy (non-hydrogen) atoms. The first kappa shape index (κ1) is 13.7. The van der Waals surface area contributed by atoms with Crippen molar-refractivity contribution in [3.8, 4) is 11.4 Å². The van der Waals surface area contributed by atoms with Gasteiger partial charge in [0.05, 0.1) is 9.26 Å². The minimum atomic E-state index is -0.230. The van der Waals surface area contributed by atoms with Crippen LogP contribution in [0.5, 0.6) is 0 Å². The summed E-state index contributed by atoms with van der Waals surface area (Å²) in [6.45, 7) is 3.73. The van der Waals surface area contributed by atoms with Gasteiger partial charge in [-0.2, -0.15) is 0 Å². The number of benzene rings is 1. The zero-order valence-corrected chi connectivity index (χ0v) is 12.9. The Kier molecular flexibility index (Phi) is 4.17. The zero-order chi connectivity index (χ0) is 13.3. The number of rotatable bonds is 2. The molecule has 0 saturated carbocycles. The van der Waals surface area contributed by atoms with Crippen molar-refractivity contribution in [3.63, 3.8) is 0 Å². The summed E-state index contributed by atoms with van der Waals surface area (Å²) in [5.41, 5.74) is 2.26. The molecule has 0 saturated heterocycles. The molecular formula is C13H11ClFIN2. The highest BCUT2D eigenvalue weighted by molar-refractivity contribution is 14.1. The normalized spacial score (nSPS) is 10.7. The SMILES string of the molecule is CCc1nc(-c2ccc(F)c(C)c2)nc(Cl)c1I. The van der Waals surface area contributed by atoms with E-state index in [-0.39, 0.29) is 5.82 Å². The summed E-state index contributed by atoms with van der Waals surface area (Å²) in [4.78, 5) is 8.71. The molecule has 0 N–H and O–H groups in total. The van der Waals surface area contributed by atoms with Crippen LogP contribution in [0.1, 0.15) is 18.2 Å². The van der Waals surface area contributed by atoms with E-state index in [1.54, 1.807) is 19.1 Å². The lowest BCUT2D eigenvalue weighted by molar-refractivity contribution is 0.618. The van der Waals surface area contributed by atoms with Crippen LogP contribution in [0.25, 0.3) is 11.4 Å². The van der Waals surface area contributed by atoms with Crippen molar-refractivity contribution in [2.45, 2.75) is 20.3 Å². The Morgan fingerprint density at radius 3 is 2.67 bits per heavy atom. The second-order valence-electron chi connectivity index (χ2n) is 3.92. The highest BCUT2D eigenvalue weighted by atomic mass is 127. The second-order valence-corrected chi connectivity index (χ2v) is 5.35. The van der Waals surface area contributed by atoms with E-state index in [9.17, 15) is 4.39 Å². The Hall–Kier alpha value is -0.750. The third kappa shape index (κ3) is 2.64. The fourth-order valence-corrected chi connectivity index (χ4v) is 2.42. The molecular weight excluding hydrogens is 366 g/mol. The third-order valence-electron chi connectivity index (χ3n) is 2.63. The molecule has 0 radical (unpaired) electrons. The number of nitrogens with zero attached hydrogens (tertiary/aromatic N) is 2. The average molecular weight is 377 g/mol. The maximum atomic E-state index is 13.2. The number of halogens is 3. The predicted molar refractivity (Wildman–Crippen MR) is 79.3 cm³/mol. The third-order valence-corrected chi connectivity index (χ3v) is 4.36. The van der Waals surface area contributed by atoms with Gasteiger partial charge in [0.2, 0.25) is 0 Å². The van der Waals surface area contributed by atoms with E-state index in [1.165, 1.54) is 6.07 Å². The first-order valence-corrected chi connectivity index (χ1v) is 6.97. The van der Waals surface area contributed by atoms with Crippen molar-refractivity contribution in [3.05, 3.63) is 44.0 Å². The van der Waals surface area contributed by atoms with E-state index in [1.807, 2.05) is 6.92 Å². The van der Waals surface area contributed by atoms with Crippen LogP contribution < -0.4 is 0 Å². The van der Waals surface area contributed by atoms with Crippen molar-refractivity contribution < 1.29 is 4.39 Å². The summed E-state index contributed by atoms with van der Waals surface area (Å²) >= 11 is 8.22. The zero-order valence-electron chi connectivity index (χ0n) is 9.97. The number of aromatic nitrogens is 2. The molecule has 0 aliphatic heterocycles. The molecule has 1 aromatic heterocycles. The Labute approximate surface area is 124 Å². The van der Waals surface area contributed by atoms with Gasteiger partial charge in [-0.3, -0.25) is 0 Å². The van der Waals surface area contributed by atoms with Crippen LogP contribution in [0.4, 0.5) is 4.39 Å². The largest absolute Gasteiger partial charge is 0.232 e. The van der Waals surface area contributed by atoms with Gasteiger partial charge in [0.1, 0.15) is 11.0 Å². The van der Waals surface area contributed by atoms with Gasteiger partial charge in [-0.15, -0.1) is 0 Å². The molecule has 0 aliphatic rings. The minimum absolute atomic E-state index is 0.230. The topological polar surface area (TPSA) is 25.8 Å². The smallest absolute Gasteiger partial charge is 0.161 e. The fourth-order valence-electron chi connectivity index (χ4n) is 1.61. The van der Waals surface area contributed by atoms with Crippen molar-refractivity contribution in [2.24, 2.45) is 0 Å². The van der Waals surface area contributed by atoms with E-state index < -0.39 is 0 Å². The van der Waals surface area contributed by atoms with Crippen molar-refractivity contribution in [1.82, 2.24) is 9.97 Å². The molecule has 2 nitrogen and oxygen atoms in total. The van der Waals surface area contributed by atoms with Crippen molar-refractivity contribution in [2.75, 3.05) is 0 Å². The molecule has 94 valence electrons. The van der Waals surface area contributed by atoms with Crippen LogP contribution in [-0.4, -0.2) is 9.97 Å². The van der Waals surface area contributed by atoms with Gasteiger partial charge in [0, 0.05) is 5.56 Å². The lowest BCUT2D eigenvalue weighted by atomic mass is 10.1. The minimum Gasteiger partial charge on any atom is -0.232 e. The number of hydrogen-bond acceptors (Lipinski definition) is 2. The van der Waals surface area contributed by atoms with E-state index in [4.69, 9.17) is 11.6 Å². The van der Waals surface area contributed by atoms with Gasteiger partial charge in [-0.25, -0.2) is 14.4 Å². The first-order chi connectivity index (χ1) is 8.52. The van der Waals surface area contributed by atoms with E-state index >= 15 is 0 Å². The highest BCUT2D eigenvalue weighted by Crippen LogP contribution is 2.25. The van der Waals surface area contributed by atoms with Crippen LogP contribution in [0, 0.1) is 16.3 Å². The van der Waals surface area contributed by atoms with E-state index in [0.717, 1.165) is 21.2 Å².